The lowest BCUT2D eigenvalue weighted by Gasteiger charge is -2.26. The predicted octanol–water partition coefficient (Wildman–Crippen LogP) is 4.58. The molecule has 0 saturated carbocycles. The van der Waals surface area contributed by atoms with E-state index in [1.165, 1.54) is 18.2 Å². The minimum Gasteiger partial charge on any atom is -0.486 e. The van der Waals surface area contributed by atoms with Crippen molar-refractivity contribution in [3.05, 3.63) is 100 Å². The van der Waals surface area contributed by atoms with Crippen LogP contribution in [0.4, 0.5) is 13.2 Å². The summed E-state index contributed by atoms with van der Waals surface area (Å²) in [6, 6.07) is 19.7. The molecular formula is C26H19F3N2O4. The second kappa shape index (κ2) is 8.83. The Balaban J connectivity index is 1.47. The maximum Gasteiger partial charge on any atom is 0.416 e. The van der Waals surface area contributed by atoms with Crippen LogP contribution in [0.2, 0.25) is 0 Å². The molecule has 1 unspecified atom stereocenters. The van der Waals surface area contributed by atoms with Crippen molar-refractivity contribution in [3.63, 3.8) is 0 Å². The largest absolute Gasteiger partial charge is 0.486 e. The molecule has 0 bridgehead atoms. The Bertz CT molecular complexity index is 1480. The van der Waals surface area contributed by atoms with Crippen molar-refractivity contribution in [2.75, 3.05) is 13.2 Å². The summed E-state index contributed by atoms with van der Waals surface area (Å²) in [4.78, 5) is 26.4. The number of alkyl halides is 3. The standard InChI is InChI=1S/C26H19F3N2O4/c27-26(28,29)17-7-5-8-18(13-17)31-21-9-2-1-6-16(21)12-20(25(31)33)24(32)30-14-19-15-34-22-10-3-4-11-23(22)35-19/h1-13,19H,14-15H2,(H,30,32). The second-order valence-electron chi connectivity index (χ2n) is 8.01. The highest BCUT2D eigenvalue weighted by atomic mass is 19.4. The number of nitrogens with one attached hydrogen (secondary N) is 1. The van der Waals surface area contributed by atoms with Gasteiger partial charge in [-0.25, -0.2) is 0 Å². The van der Waals surface area contributed by atoms with E-state index in [0.717, 1.165) is 16.7 Å². The van der Waals surface area contributed by atoms with Crippen LogP contribution in [0.25, 0.3) is 16.6 Å². The van der Waals surface area contributed by atoms with Crippen LogP contribution in [0, 0.1) is 0 Å². The molecule has 1 atom stereocenters. The zero-order valence-electron chi connectivity index (χ0n) is 18.2. The van der Waals surface area contributed by atoms with Crippen LogP contribution >= 0.6 is 0 Å². The Kier molecular flexibility index (Phi) is 5.68. The highest BCUT2D eigenvalue weighted by Gasteiger charge is 2.31. The second-order valence-corrected chi connectivity index (χ2v) is 8.01. The number of fused-ring (bicyclic) bond motifs is 2. The van der Waals surface area contributed by atoms with E-state index in [-0.39, 0.29) is 24.4 Å². The van der Waals surface area contributed by atoms with Gasteiger partial charge in [0.25, 0.3) is 11.5 Å². The third-order valence-electron chi connectivity index (χ3n) is 5.65. The lowest BCUT2D eigenvalue weighted by Crippen LogP contribution is -2.42. The first-order valence-corrected chi connectivity index (χ1v) is 10.8. The van der Waals surface area contributed by atoms with Crippen molar-refractivity contribution in [1.82, 2.24) is 9.88 Å². The van der Waals surface area contributed by atoms with Crippen LogP contribution < -0.4 is 20.3 Å². The monoisotopic (exact) mass is 480 g/mol. The fraction of sp³-hybridized carbons (Fsp3) is 0.154. The van der Waals surface area contributed by atoms with Crippen molar-refractivity contribution < 1.29 is 27.4 Å². The quantitative estimate of drug-likeness (QED) is 0.464. The number of carbonyl (C=O) groups is 1. The van der Waals surface area contributed by atoms with E-state index in [1.807, 2.05) is 6.07 Å². The molecule has 3 aromatic carbocycles. The van der Waals surface area contributed by atoms with Gasteiger partial charge in [-0.2, -0.15) is 13.2 Å². The molecule has 0 fully saturated rings. The fourth-order valence-corrected chi connectivity index (χ4v) is 3.97. The van der Waals surface area contributed by atoms with Crippen LogP contribution in [0.15, 0.2) is 83.7 Å². The summed E-state index contributed by atoms with van der Waals surface area (Å²) in [6.45, 7) is 0.284. The normalized spacial score (nSPS) is 15.1. The maximum absolute atomic E-state index is 13.4. The SMILES string of the molecule is O=C(NCC1COc2ccccc2O1)c1cc2ccccc2n(-c2cccc(C(F)(F)F)c2)c1=O. The van der Waals surface area contributed by atoms with Gasteiger partial charge in [0.2, 0.25) is 0 Å². The average molecular weight is 480 g/mol. The molecule has 1 aromatic heterocycles. The lowest BCUT2D eigenvalue weighted by atomic mass is 10.1. The van der Waals surface area contributed by atoms with Gasteiger partial charge >= 0.3 is 6.18 Å². The van der Waals surface area contributed by atoms with Gasteiger partial charge < -0.3 is 14.8 Å². The molecule has 1 aliphatic heterocycles. The number of amides is 1. The Morgan fingerprint density at radius 2 is 1.71 bits per heavy atom. The van der Waals surface area contributed by atoms with E-state index in [9.17, 15) is 22.8 Å². The molecule has 1 amide bonds. The van der Waals surface area contributed by atoms with Gasteiger partial charge in [0.15, 0.2) is 11.5 Å². The summed E-state index contributed by atoms with van der Waals surface area (Å²) in [5.41, 5.74) is -1.43. The van der Waals surface area contributed by atoms with E-state index < -0.39 is 29.3 Å². The van der Waals surface area contributed by atoms with Gasteiger partial charge in [0, 0.05) is 5.69 Å². The first kappa shape index (κ1) is 22.5. The smallest absolute Gasteiger partial charge is 0.416 e. The van der Waals surface area contributed by atoms with Crippen molar-refractivity contribution in [2.24, 2.45) is 0 Å². The Labute approximate surface area is 197 Å². The summed E-state index contributed by atoms with van der Waals surface area (Å²) in [5, 5.41) is 3.21. The van der Waals surface area contributed by atoms with Crippen LogP contribution in [-0.4, -0.2) is 29.7 Å². The van der Waals surface area contributed by atoms with Crippen LogP contribution in [-0.2, 0) is 6.18 Å². The molecule has 178 valence electrons. The van der Waals surface area contributed by atoms with Crippen molar-refractivity contribution in [1.29, 1.82) is 0 Å². The van der Waals surface area contributed by atoms with Gasteiger partial charge in [-0.1, -0.05) is 36.4 Å². The number of rotatable bonds is 4. The van der Waals surface area contributed by atoms with Crippen LogP contribution in [0.5, 0.6) is 11.5 Å². The van der Waals surface area contributed by atoms with Gasteiger partial charge in [-0.3, -0.25) is 14.2 Å². The number of ether oxygens (including phenoxy) is 2. The number of pyridine rings is 1. The number of para-hydroxylation sites is 3. The minimum absolute atomic E-state index is 0.0105. The summed E-state index contributed by atoms with van der Waals surface area (Å²) in [7, 11) is 0. The molecule has 6 nitrogen and oxygen atoms in total. The molecule has 0 aliphatic carbocycles. The zero-order valence-corrected chi connectivity index (χ0v) is 18.2. The molecule has 0 radical (unpaired) electrons. The van der Waals surface area contributed by atoms with Crippen molar-refractivity contribution in [2.45, 2.75) is 12.3 Å². The molecule has 0 saturated heterocycles. The molecule has 9 heteroatoms. The van der Waals surface area contributed by atoms with Gasteiger partial charge in [-0.05, 0) is 47.9 Å². The van der Waals surface area contributed by atoms with E-state index in [4.69, 9.17) is 9.47 Å². The Morgan fingerprint density at radius 1 is 0.971 bits per heavy atom. The first-order valence-electron chi connectivity index (χ1n) is 10.8. The Hall–Kier alpha value is -4.27. The highest BCUT2D eigenvalue weighted by molar-refractivity contribution is 5.97. The molecule has 1 aliphatic rings. The molecule has 1 N–H and O–H groups in total. The lowest BCUT2D eigenvalue weighted by molar-refractivity contribution is -0.137. The molecule has 5 rings (SSSR count). The number of hydrogen-bond donors (Lipinski definition) is 1. The third kappa shape index (κ3) is 4.44. The van der Waals surface area contributed by atoms with E-state index in [1.54, 1.807) is 42.5 Å². The summed E-state index contributed by atoms with van der Waals surface area (Å²) < 4.78 is 52.5. The summed E-state index contributed by atoms with van der Waals surface area (Å²) in [6.07, 6.45) is -5.05. The van der Waals surface area contributed by atoms with Crippen molar-refractivity contribution >= 4 is 16.8 Å². The van der Waals surface area contributed by atoms with Gasteiger partial charge in [-0.15, -0.1) is 0 Å². The third-order valence-corrected chi connectivity index (χ3v) is 5.65. The number of carbonyl (C=O) groups excluding carboxylic acids is 1. The zero-order chi connectivity index (χ0) is 24.6. The van der Waals surface area contributed by atoms with Gasteiger partial charge in [0.05, 0.1) is 17.6 Å². The fourth-order valence-electron chi connectivity index (χ4n) is 3.97. The molecule has 4 aromatic rings. The number of nitrogens with zero attached hydrogens (tertiary/aromatic N) is 1. The number of halogens is 3. The number of aromatic nitrogens is 1. The molecule has 35 heavy (non-hydrogen) atoms. The molecule has 2 heterocycles. The summed E-state index contributed by atoms with van der Waals surface area (Å²) in [5.74, 6) is 0.494. The van der Waals surface area contributed by atoms with Crippen molar-refractivity contribution in [3.8, 4) is 17.2 Å². The van der Waals surface area contributed by atoms with E-state index in [2.05, 4.69) is 5.32 Å². The first-order chi connectivity index (χ1) is 16.8. The molecular weight excluding hydrogens is 461 g/mol. The maximum atomic E-state index is 13.4. The molecule has 0 spiro atoms. The van der Waals surface area contributed by atoms with E-state index in [0.29, 0.717) is 22.4 Å². The van der Waals surface area contributed by atoms with Crippen LogP contribution in [0.1, 0.15) is 15.9 Å². The average Bonchev–Trinajstić information content (AvgIpc) is 2.86. The highest BCUT2D eigenvalue weighted by Crippen LogP contribution is 2.31. The van der Waals surface area contributed by atoms with Gasteiger partial charge in [0.1, 0.15) is 18.3 Å². The Morgan fingerprint density at radius 3 is 2.51 bits per heavy atom. The van der Waals surface area contributed by atoms with E-state index >= 15 is 0 Å². The number of hydrogen-bond acceptors (Lipinski definition) is 4. The number of benzene rings is 3. The summed E-state index contributed by atoms with van der Waals surface area (Å²) >= 11 is 0. The predicted molar refractivity (Wildman–Crippen MR) is 123 cm³/mol. The van der Waals surface area contributed by atoms with Crippen LogP contribution in [0.3, 0.4) is 0 Å². The topological polar surface area (TPSA) is 69.6 Å². The minimum atomic E-state index is -4.58.